The van der Waals surface area contributed by atoms with Crippen molar-refractivity contribution in [3.8, 4) is 0 Å². The van der Waals surface area contributed by atoms with Crippen molar-refractivity contribution >= 4 is 29.9 Å². The topological polar surface area (TPSA) is 66.1 Å². The second-order valence-electron chi connectivity index (χ2n) is 7.05. The predicted octanol–water partition coefficient (Wildman–Crippen LogP) is 1.35. The quantitative estimate of drug-likeness (QED) is 0.264. The molecule has 2 atom stereocenters. The molecule has 0 bridgehead atoms. The van der Waals surface area contributed by atoms with Gasteiger partial charge in [-0.1, -0.05) is 6.92 Å². The fourth-order valence-corrected chi connectivity index (χ4v) is 3.37. The number of guanidine groups is 1. The predicted molar refractivity (Wildman–Crippen MR) is 111 cm³/mol. The zero-order valence-electron chi connectivity index (χ0n) is 15.4. The van der Waals surface area contributed by atoms with E-state index in [-0.39, 0.29) is 24.0 Å². The number of nitrogens with two attached hydrogens (primary N) is 1. The van der Waals surface area contributed by atoms with E-state index in [4.69, 9.17) is 10.5 Å². The van der Waals surface area contributed by atoms with Crippen LogP contribution in [0.5, 0.6) is 0 Å². The highest BCUT2D eigenvalue weighted by atomic mass is 127. The Bertz CT molecular complexity index is 363. The summed E-state index contributed by atoms with van der Waals surface area (Å²) < 4.78 is 5.35. The lowest BCUT2D eigenvalue weighted by molar-refractivity contribution is 0.0376. The van der Waals surface area contributed by atoms with E-state index in [1.165, 1.54) is 25.9 Å². The standard InChI is InChI=1S/C17H35N5O.HI/c1-15-5-3-8-22(14-15)16(2)13-20-17(18)19-6-4-7-21-9-11-23-12-10-21;/h15-16H,3-14H2,1-2H3,(H3,18,19,20);1H. The van der Waals surface area contributed by atoms with Crippen LogP contribution >= 0.6 is 24.0 Å². The number of nitrogens with zero attached hydrogens (tertiary/aromatic N) is 3. The van der Waals surface area contributed by atoms with E-state index < -0.39 is 0 Å². The number of piperidine rings is 1. The largest absolute Gasteiger partial charge is 0.379 e. The highest BCUT2D eigenvalue weighted by Gasteiger charge is 2.20. The Morgan fingerprint density at radius 2 is 2.08 bits per heavy atom. The van der Waals surface area contributed by atoms with Crippen LogP contribution in [-0.2, 0) is 4.74 Å². The summed E-state index contributed by atoms with van der Waals surface area (Å²) in [5, 5.41) is 3.24. The van der Waals surface area contributed by atoms with Crippen LogP contribution in [0.15, 0.2) is 4.99 Å². The first kappa shape index (κ1) is 21.9. The minimum Gasteiger partial charge on any atom is -0.379 e. The molecule has 2 unspecified atom stereocenters. The van der Waals surface area contributed by atoms with Crippen LogP contribution in [0.4, 0.5) is 0 Å². The molecule has 142 valence electrons. The molecule has 0 amide bonds. The fraction of sp³-hybridized carbons (Fsp3) is 0.941. The van der Waals surface area contributed by atoms with Crippen molar-refractivity contribution in [3.05, 3.63) is 0 Å². The number of nitrogens with one attached hydrogen (secondary N) is 1. The van der Waals surface area contributed by atoms with Gasteiger partial charge in [-0.2, -0.15) is 0 Å². The second-order valence-corrected chi connectivity index (χ2v) is 7.05. The number of aliphatic imine (C=N–C) groups is 1. The van der Waals surface area contributed by atoms with E-state index in [0.717, 1.165) is 58.3 Å². The van der Waals surface area contributed by atoms with E-state index >= 15 is 0 Å². The third kappa shape index (κ3) is 8.31. The average molecular weight is 453 g/mol. The maximum absolute atomic E-state index is 5.98. The van der Waals surface area contributed by atoms with E-state index in [9.17, 15) is 0 Å². The molecule has 6 nitrogen and oxygen atoms in total. The number of halogens is 1. The summed E-state index contributed by atoms with van der Waals surface area (Å²) in [5.41, 5.74) is 5.98. The third-order valence-corrected chi connectivity index (χ3v) is 4.90. The Morgan fingerprint density at radius 3 is 2.79 bits per heavy atom. The molecule has 2 rings (SSSR count). The number of hydrogen-bond acceptors (Lipinski definition) is 4. The molecular weight excluding hydrogens is 417 g/mol. The van der Waals surface area contributed by atoms with Gasteiger partial charge in [0.1, 0.15) is 0 Å². The molecular formula is C17H36IN5O. The second kappa shape index (κ2) is 12.3. The Labute approximate surface area is 164 Å². The monoisotopic (exact) mass is 453 g/mol. The number of likely N-dealkylation sites (tertiary alicyclic amines) is 1. The Balaban J connectivity index is 0.00000288. The summed E-state index contributed by atoms with van der Waals surface area (Å²) in [6.45, 7) is 13.6. The maximum Gasteiger partial charge on any atom is 0.188 e. The lowest BCUT2D eigenvalue weighted by Crippen LogP contribution is -2.43. The SMILES string of the molecule is CC1CCCN(C(C)CN=C(N)NCCCN2CCOCC2)C1.I. The highest BCUT2D eigenvalue weighted by molar-refractivity contribution is 14.0. The molecule has 2 aliphatic rings. The molecule has 2 fully saturated rings. The van der Waals surface area contributed by atoms with Gasteiger partial charge in [0.2, 0.25) is 0 Å². The normalized spacial score (nSPS) is 25.1. The smallest absolute Gasteiger partial charge is 0.188 e. The van der Waals surface area contributed by atoms with Crippen molar-refractivity contribution in [2.75, 3.05) is 59.0 Å². The van der Waals surface area contributed by atoms with Crippen molar-refractivity contribution in [3.63, 3.8) is 0 Å². The van der Waals surface area contributed by atoms with Crippen LogP contribution in [0.25, 0.3) is 0 Å². The molecule has 24 heavy (non-hydrogen) atoms. The van der Waals surface area contributed by atoms with Gasteiger partial charge in [0, 0.05) is 32.2 Å². The number of ether oxygens (including phenoxy) is 1. The first-order valence-electron chi connectivity index (χ1n) is 9.23. The van der Waals surface area contributed by atoms with Crippen LogP contribution < -0.4 is 11.1 Å². The molecule has 0 spiro atoms. The summed E-state index contributed by atoms with van der Waals surface area (Å²) in [4.78, 5) is 9.50. The number of morpholine rings is 1. The minimum absolute atomic E-state index is 0. The molecule has 0 aromatic heterocycles. The molecule has 0 radical (unpaired) electrons. The van der Waals surface area contributed by atoms with Gasteiger partial charge in [0.05, 0.1) is 19.8 Å². The zero-order valence-corrected chi connectivity index (χ0v) is 17.7. The lowest BCUT2D eigenvalue weighted by atomic mass is 9.99. The summed E-state index contributed by atoms with van der Waals surface area (Å²) in [6, 6.07) is 0.478. The average Bonchev–Trinajstić information content (AvgIpc) is 2.57. The fourth-order valence-electron chi connectivity index (χ4n) is 3.37. The first-order chi connectivity index (χ1) is 11.1. The summed E-state index contributed by atoms with van der Waals surface area (Å²) >= 11 is 0. The van der Waals surface area contributed by atoms with Crippen molar-refractivity contribution in [1.29, 1.82) is 0 Å². The van der Waals surface area contributed by atoms with Crippen molar-refractivity contribution in [2.45, 2.75) is 39.2 Å². The molecule has 0 aliphatic carbocycles. The summed E-state index contributed by atoms with van der Waals surface area (Å²) in [7, 11) is 0. The summed E-state index contributed by atoms with van der Waals surface area (Å²) in [6.07, 6.45) is 3.76. The molecule has 2 saturated heterocycles. The van der Waals surface area contributed by atoms with Crippen molar-refractivity contribution in [2.24, 2.45) is 16.6 Å². The van der Waals surface area contributed by atoms with Crippen LogP contribution in [0.3, 0.4) is 0 Å². The molecule has 2 aliphatic heterocycles. The van der Waals surface area contributed by atoms with E-state index in [2.05, 4.69) is 34.0 Å². The maximum atomic E-state index is 5.98. The Hall–Kier alpha value is -0.120. The van der Waals surface area contributed by atoms with Crippen LogP contribution in [0.1, 0.15) is 33.1 Å². The number of rotatable bonds is 7. The van der Waals surface area contributed by atoms with Gasteiger partial charge in [0.15, 0.2) is 5.96 Å². The number of hydrogen-bond donors (Lipinski definition) is 2. The molecule has 0 aromatic rings. The van der Waals surface area contributed by atoms with Gasteiger partial charge in [-0.3, -0.25) is 14.8 Å². The Kier molecular flexibility index (Phi) is 11.2. The lowest BCUT2D eigenvalue weighted by Gasteiger charge is -2.34. The molecule has 2 heterocycles. The van der Waals surface area contributed by atoms with Gasteiger partial charge < -0.3 is 15.8 Å². The van der Waals surface area contributed by atoms with Crippen molar-refractivity contribution < 1.29 is 4.74 Å². The molecule has 3 N–H and O–H groups in total. The van der Waals surface area contributed by atoms with Gasteiger partial charge in [-0.15, -0.1) is 24.0 Å². The molecule has 0 aromatic carbocycles. The van der Waals surface area contributed by atoms with E-state index in [1.807, 2.05) is 0 Å². The van der Waals surface area contributed by atoms with Gasteiger partial charge >= 0.3 is 0 Å². The van der Waals surface area contributed by atoms with E-state index in [0.29, 0.717) is 12.0 Å². The van der Waals surface area contributed by atoms with Gasteiger partial charge in [-0.05, 0) is 45.2 Å². The highest BCUT2D eigenvalue weighted by Crippen LogP contribution is 2.17. The zero-order chi connectivity index (χ0) is 16.5. The Morgan fingerprint density at radius 1 is 1.33 bits per heavy atom. The van der Waals surface area contributed by atoms with Crippen LogP contribution in [0, 0.1) is 5.92 Å². The third-order valence-electron chi connectivity index (χ3n) is 4.90. The van der Waals surface area contributed by atoms with Crippen molar-refractivity contribution in [1.82, 2.24) is 15.1 Å². The van der Waals surface area contributed by atoms with E-state index in [1.54, 1.807) is 0 Å². The van der Waals surface area contributed by atoms with Crippen LogP contribution in [0.2, 0.25) is 0 Å². The first-order valence-corrected chi connectivity index (χ1v) is 9.23. The minimum atomic E-state index is 0. The van der Waals surface area contributed by atoms with Crippen LogP contribution in [-0.4, -0.2) is 80.8 Å². The summed E-state index contributed by atoms with van der Waals surface area (Å²) in [5.74, 6) is 1.40. The van der Waals surface area contributed by atoms with Gasteiger partial charge in [-0.25, -0.2) is 0 Å². The molecule has 7 heteroatoms. The molecule has 0 saturated carbocycles. The van der Waals surface area contributed by atoms with Gasteiger partial charge in [0.25, 0.3) is 0 Å².